The monoisotopic (exact) mass is 229 g/mol. The number of aromatic nitrogens is 1. The lowest BCUT2D eigenvalue weighted by atomic mass is 10.1. The number of nitrogens with zero attached hydrogens (tertiary/aromatic N) is 1. The molecule has 1 aromatic rings. The van der Waals surface area contributed by atoms with Gasteiger partial charge in [-0.05, 0) is 6.42 Å². The van der Waals surface area contributed by atoms with E-state index < -0.39 is 0 Å². The van der Waals surface area contributed by atoms with Crippen LogP contribution in [0.1, 0.15) is 11.3 Å². The summed E-state index contributed by atoms with van der Waals surface area (Å²) in [6, 6.07) is 0. The van der Waals surface area contributed by atoms with Gasteiger partial charge in [0.2, 0.25) is 0 Å². The molecule has 1 aliphatic heterocycles. The number of hydrazine groups is 1. The highest BCUT2D eigenvalue weighted by Gasteiger charge is 2.15. The van der Waals surface area contributed by atoms with Gasteiger partial charge in [0.25, 0.3) is 0 Å². The third-order valence-corrected chi connectivity index (χ3v) is 3.20. The van der Waals surface area contributed by atoms with Crippen molar-refractivity contribution in [2.75, 3.05) is 25.2 Å². The number of hydrogen-bond donors (Lipinski definition) is 2. The summed E-state index contributed by atoms with van der Waals surface area (Å²) in [5.74, 6) is 5.79. The van der Waals surface area contributed by atoms with Crippen molar-refractivity contribution in [1.29, 1.82) is 0 Å². The SMILES string of the molecule is NNc1ncc(COCC2CCOC2)s1. The molecule has 3 N–H and O–H groups in total. The zero-order valence-corrected chi connectivity index (χ0v) is 9.26. The van der Waals surface area contributed by atoms with Crippen LogP contribution in [0.2, 0.25) is 0 Å². The normalized spacial score (nSPS) is 20.7. The summed E-state index contributed by atoms with van der Waals surface area (Å²) in [6.45, 7) is 3.08. The topological polar surface area (TPSA) is 69.4 Å². The summed E-state index contributed by atoms with van der Waals surface area (Å²) in [6.07, 6.45) is 2.89. The number of nitrogens with two attached hydrogens (primary N) is 1. The van der Waals surface area contributed by atoms with E-state index >= 15 is 0 Å². The number of thiazole rings is 1. The number of nitrogens with one attached hydrogen (secondary N) is 1. The number of hydrogen-bond acceptors (Lipinski definition) is 6. The second kappa shape index (κ2) is 5.41. The van der Waals surface area contributed by atoms with E-state index in [1.807, 2.05) is 0 Å². The summed E-state index contributed by atoms with van der Waals surface area (Å²) in [5, 5.41) is 0.720. The molecule has 2 rings (SSSR count). The molecule has 6 heteroatoms. The highest BCUT2D eigenvalue weighted by atomic mass is 32.1. The molecule has 0 bridgehead atoms. The van der Waals surface area contributed by atoms with Gasteiger partial charge in [0, 0.05) is 18.7 Å². The number of rotatable bonds is 5. The molecule has 1 fully saturated rings. The molecule has 0 spiro atoms. The van der Waals surface area contributed by atoms with E-state index in [9.17, 15) is 0 Å². The van der Waals surface area contributed by atoms with Gasteiger partial charge in [-0.3, -0.25) is 5.43 Å². The Balaban J connectivity index is 1.68. The third kappa shape index (κ3) is 3.13. The molecule has 1 atom stereocenters. The molecule has 5 nitrogen and oxygen atoms in total. The van der Waals surface area contributed by atoms with Gasteiger partial charge in [-0.15, -0.1) is 0 Å². The van der Waals surface area contributed by atoms with Crippen molar-refractivity contribution in [2.45, 2.75) is 13.0 Å². The summed E-state index contributed by atoms with van der Waals surface area (Å²) < 4.78 is 10.8. The van der Waals surface area contributed by atoms with Gasteiger partial charge < -0.3 is 9.47 Å². The Morgan fingerprint density at radius 1 is 1.73 bits per heavy atom. The average molecular weight is 229 g/mol. The predicted octanol–water partition coefficient (Wildman–Crippen LogP) is 0.982. The van der Waals surface area contributed by atoms with E-state index in [0.29, 0.717) is 12.5 Å². The van der Waals surface area contributed by atoms with Crippen LogP contribution in [0, 0.1) is 5.92 Å². The van der Waals surface area contributed by atoms with Crippen molar-refractivity contribution >= 4 is 16.5 Å². The smallest absolute Gasteiger partial charge is 0.197 e. The first-order chi connectivity index (χ1) is 7.38. The van der Waals surface area contributed by atoms with Gasteiger partial charge in [-0.25, -0.2) is 10.8 Å². The summed E-state index contributed by atoms with van der Waals surface area (Å²) in [4.78, 5) is 5.15. The summed E-state index contributed by atoms with van der Waals surface area (Å²) >= 11 is 1.51. The van der Waals surface area contributed by atoms with Crippen LogP contribution >= 0.6 is 11.3 Å². The van der Waals surface area contributed by atoms with Gasteiger partial charge in [0.1, 0.15) is 0 Å². The molecule has 0 saturated carbocycles. The molecule has 2 heterocycles. The number of nitrogen functional groups attached to an aromatic ring is 1. The lowest BCUT2D eigenvalue weighted by Gasteiger charge is -2.06. The molecule has 84 valence electrons. The fraction of sp³-hybridized carbons (Fsp3) is 0.667. The molecule has 0 radical (unpaired) electrons. The lowest BCUT2D eigenvalue weighted by molar-refractivity contribution is 0.0805. The highest BCUT2D eigenvalue weighted by Crippen LogP contribution is 2.18. The van der Waals surface area contributed by atoms with Gasteiger partial charge in [-0.2, -0.15) is 0 Å². The first-order valence-corrected chi connectivity index (χ1v) is 5.77. The quantitative estimate of drug-likeness (QED) is 0.582. The van der Waals surface area contributed by atoms with E-state index in [4.69, 9.17) is 15.3 Å². The second-order valence-corrected chi connectivity index (χ2v) is 4.64. The van der Waals surface area contributed by atoms with Crippen LogP contribution in [-0.2, 0) is 16.1 Å². The molecule has 0 aromatic carbocycles. The summed E-state index contributed by atoms with van der Waals surface area (Å²) in [5.41, 5.74) is 2.51. The lowest BCUT2D eigenvalue weighted by Crippen LogP contribution is -2.08. The molecular formula is C9H15N3O2S. The minimum Gasteiger partial charge on any atom is -0.381 e. The first-order valence-electron chi connectivity index (χ1n) is 4.95. The van der Waals surface area contributed by atoms with E-state index in [1.54, 1.807) is 6.20 Å². The maximum atomic E-state index is 5.58. The van der Waals surface area contributed by atoms with Crippen molar-refractivity contribution in [1.82, 2.24) is 4.98 Å². The molecule has 15 heavy (non-hydrogen) atoms. The van der Waals surface area contributed by atoms with Gasteiger partial charge in [0.15, 0.2) is 5.13 Å². The van der Waals surface area contributed by atoms with Crippen LogP contribution in [0.4, 0.5) is 5.13 Å². The predicted molar refractivity (Wildman–Crippen MR) is 58.5 cm³/mol. The summed E-state index contributed by atoms with van der Waals surface area (Å²) in [7, 11) is 0. The fourth-order valence-corrected chi connectivity index (χ4v) is 2.14. The molecule has 1 saturated heterocycles. The Labute approximate surface area is 92.6 Å². The third-order valence-electron chi connectivity index (χ3n) is 2.30. The first kappa shape index (κ1) is 10.8. The Morgan fingerprint density at radius 3 is 3.33 bits per heavy atom. The largest absolute Gasteiger partial charge is 0.381 e. The van der Waals surface area contributed by atoms with Crippen molar-refractivity contribution in [3.63, 3.8) is 0 Å². The van der Waals surface area contributed by atoms with Crippen LogP contribution in [0.5, 0.6) is 0 Å². The van der Waals surface area contributed by atoms with Crippen LogP contribution in [-0.4, -0.2) is 24.8 Å². The minimum absolute atomic E-state index is 0.560. The van der Waals surface area contributed by atoms with Gasteiger partial charge >= 0.3 is 0 Å². The zero-order valence-electron chi connectivity index (χ0n) is 8.44. The van der Waals surface area contributed by atoms with Gasteiger partial charge in [-0.1, -0.05) is 11.3 Å². The van der Waals surface area contributed by atoms with Gasteiger partial charge in [0.05, 0.1) is 24.7 Å². The average Bonchev–Trinajstić information content (AvgIpc) is 2.88. The standard InChI is InChI=1S/C9H15N3O2S/c10-12-9-11-3-8(15-9)6-14-5-7-1-2-13-4-7/h3,7H,1-2,4-6,10H2,(H,11,12). The van der Waals surface area contributed by atoms with E-state index in [-0.39, 0.29) is 0 Å². The van der Waals surface area contributed by atoms with Crippen molar-refractivity contribution in [3.8, 4) is 0 Å². The zero-order chi connectivity index (χ0) is 10.5. The van der Waals surface area contributed by atoms with E-state index in [0.717, 1.165) is 36.3 Å². The Kier molecular flexibility index (Phi) is 3.90. The van der Waals surface area contributed by atoms with Crippen LogP contribution in [0.25, 0.3) is 0 Å². The van der Waals surface area contributed by atoms with Crippen molar-refractivity contribution in [3.05, 3.63) is 11.1 Å². The molecule has 1 aliphatic rings. The number of ether oxygens (including phenoxy) is 2. The number of anilines is 1. The Hall–Kier alpha value is -0.690. The Morgan fingerprint density at radius 2 is 2.67 bits per heavy atom. The second-order valence-electron chi connectivity index (χ2n) is 3.52. The molecule has 1 aromatic heterocycles. The molecule has 0 amide bonds. The maximum Gasteiger partial charge on any atom is 0.197 e. The minimum atomic E-state index is 0.560. The Bertz CT molecular complexity index is 299. The van der Waals surface area contributed by atoms with Crippen LogP contribution in [0.3, 0.4) is 0 Å². The maximum absolute atomic E-state index is 5.58. The molecule has 1 unspecified atom stereocenters. The van der Waals surface area contributed by atoms with E-state index in [1.165, 1.54) is 11.3 Å². The highest BCUT2D eigenvalue weighted by molar-refractivity contribution is 7.15. The van der Waals surface area contributed by atoms with Crippen LogP contribution in [0.15, 0.2) is 6.20 Å². The van der Waals surface area contributed by atoms with E-state index in [2.05, 4.69) is 10.4 Å². The van der Waals surface area contributed by atoms with Crippen molar-refractivity contribution in [2.24, 2.45) is 11.8 Å². The fourth-order valence-electron chi connectivity index (χ4n) is 1.48. The van der Waals surface area contributed by atoms with Crippen molar-refractivity contribution < 1.29 is 9.47 Å². The molecular weight excluding hydrogens is 214 g/mol. The van der Waals surface area contributed by atoms with Crippen LogP contribution < -0.4 is 11.3 Å². The molecule has 0 aliphatic carbocycles.